The summed E-state index contributed by atoms with van der Waals surface area (Å²) in [6, 6.07) is 3.50. The molecule has 0 aromatic carbocycles. The van der Waals surface area contributed by atoms with Gasteiger partial charge in [-0.1, -0.05) is 0 Å². The minimum absolute atomic E-state index is 0.214. The van der Waals surface area contributed by atoms with Gasteiger partial charge in [0.05, 0.1) is 34.4 Å². The van der Waals surface area contributed by atoms with E-state index in [-0.39, 0.29) is 22.4 Å². The Morgan fingerprint density at radius 3 is 2.57 bits per heavy atom. The summed E-state index contributed by atoms with van der Waals surface area (Å²) in [7, 11) is -3.41. The van der Waals surface area contributed by atoms with Crippen LogP contribution >= 0.6 is 11.3 Å². The fraction of sp³-hybridized carbons (Fsp3) is 0.435. The van der Waals surface area contributed by atoms with Gasteiger partial charge in [0.15, 0.2) is 5.13 Å². The largest absolute Gasteiger partial charge is 0.473 e. The van der Waals surface area contributed by atoms with Crippen LogP contribution in [0.15, 0.2) is 36.1 Å². The van der Waals surface area contributed by atoms with Gasteiger partial charge in [0, 0.05) is 17.1 Å². The minimum Gasteiger partial charge on any atom is -0.473 e. The van der Waals surface area contributed by atoms with Crippen LogP contribution in [0.25, 0.3) is 11.3 Å². The number of hydrogen-bond donors (Lipinski definition) is 2. The number of rotatable bonds is 9. The topological polar surface area (TPSA) is 136 Å². The number of pyridine rings is 1. The Morgan fingerprint density at radius 1 is 1.11 bits per heavy atom. The van der Waals surface area contributed by atoms with Crippen molar-refractivity contribution in [2.24, 2.45) is 0 Å². The summed E-state index contributed by atoms with van der Waals surface area (Å²) < 4.78 is 32.7. The number of hydrogen-bond acceptors (Lipinski definition) is 9. The van der Waals surface area contributed by atoms with Crippen molar-refractivity contribution < 1.29 is 17.9 Å². The molecule has 10 nitrogen and oxygen atoms in total. The molecule has 3 aromatic rings. The van der Waals surface area contributed by atoms with Crippen LogP contribution in [0.5, 0.6) is 5.88 Å². The number of carbonyl (C=O) groups is 1. The summed E-state index contributed by atoms with van der Waals surface area (Å²) in [5.41, 5.74) is 0.861. The van der Waals surface area contributed by atoms with Crippen molar-refractivity contribution >= 4 is 38.2 Å². The summed E-state index contributed by atoms with van der Waals surface area (Å²) >= 11 is 1.16. The molecule has 12 heteroatoms. The molecule has 5 rings (SSSR count). The van der Waals surface area contributed by atoms with Gasteiger partial charge in [0.25, 0.3) is 0 Å². The van der Waals surface area contributed by atoms with Crippen molar-refractivity contribution in [2.45, 2.75) is 62.7 Å². The van der Waals surface area contributed by atoms with Gasteiger partial charge in [-0.2, -0.15) is 0 Å². The van der Waals surface area contributed by atoms with Crippen molar-refractivity contribution in [3.63, 3.8) is 0 Å². The Labute approximate surface area is 207 Å². The maximum atomic E-state index is 13.0. The molecule has 0 unspecified atom stereocenters. The van der Waals surface area contributed by atoms with E-state index in [1.165, 1.54) is 6.42 Å². The van der Waals surface area contributed by atoms with Gasteiger partial charge in [-0.05, 0) is 58.1 Å². The van der Waals surface area contributed by atoms with Gasteiger partial charge in [0.2, 0.25) is 21.8 Å². The molecule has 3 aromatic heterocycles. The monoisotopic (exact) mass is 514 g/mol. The van der Waals surface area contributed by atoms with Crippen LogP contribution in [0.1, 0.15) is 51.6 Å². The molecule has 0 radical (unpaired) electrons. The van der Waals surface area contributed by atoms with Crippen LogP contribution in [0, 0.1) is 0 Å². The fourth-order valence-corrected chi connectivity index (χ4v) is 5.88. The maximum Gasteiger partial charge on any atom is 0.237 e. The average Bonchev–Trinajstić information content (AvgIpc) is 3.57. The molecule has 1 amide bonds. The third kappa shape index (κ3) is 5.27. The first-order valence-electron chi connectivity index (χ1n) is 11.4. The number of carbonyl (C=O) groups excluding carboxylic acids is 1. The van der Waals surface area contributed by atoms with Crippen LogP contribution in [0.3, 0.4) is 0 Å². The molecule has 2 aliphatic rings. The van der Waals surface area contributed by atoms with Gasteiger partial charge in [-0.25, -0.2) is 23.4 Å². The van der Waals surface area contributed by atoms with Crippen LogP contribution in [-0.2, 0) is 20.2 Å². The Balaban J connectivity index is 1.24. The highest BCUT2D eigenvalue weighted by Gasteiger charge is 2.37. The van der Waals surface area contributed by atoms with Crippen LogP contribution < -0.4 is 14.8 Å². The van der Waals surface area contributed by atoms with Crippen molar-refractivity contribution in [2.75, 3.05) is 10.0 Å². The summed E-state index contributed by atoms with van der Waals surface area (Å²) in [5, 5.41) is 4.43. The zero-order valence-corrected chi connectivity index (χ0v) is 21.0. The summed E-state index contributed by atoms with van der Waals surface area (Å²) in [6.45, 7) is 3.46. The highest BCUT2D eigenvalue weighted by Crippen LogP contribution is 2.33. The Hall–Kier alpha value is -3.12. The first-order chi connectivity index (χ1) is 16.7. The fourth-order valence-electron chi connectivity index (χ4n) is 3.40. The third-order valence-electron chi connectivity index (χ3n) is 6.16. The number of aromatic nitrogens is 4. The molecular formula is C23H26N6O4S2. The number of ether oxygens (including phenoxy) is 1. The molecular weight excluding hydrogens is 488 g/mol. The lowest BCUT2D eigenvalue weighted by molar-refractivity contribution is -0.120. The van der Waals surface area contributed by atoms with E-state index in [2.05, 4.69) is 30.0 Å². The quantitative estimate of drug-likeness (QED) is 0.441. The second-order valence-electron chi connectivity index (χ2n) is 9.31. The van der Waals surface area contributed by atoms with E-state index in [4.69, 9.17) is 4.74 Å². The summed E-state index contributed by atoms with van der Waals surface area (Å²) in [6.07, 6.45) is 9.66. The Kier molecular flexibility index (Phi) is 6.18. The maximum absolute atomic E-state index is 13.0. The second-order valence-corrected chi connectivity index (χ2v) is 12.1. The normalized spacial score (nSPS) is 16.4. The number of sulfonamides is 1. The molecule has 184 valence electrons. The Bertz CT molecular complexity index is 1330. The number of thiazole rings is 1. The van der Waals surface area contributed by atoms with Crippen molar-refractivity contribution in [1.29, 1.82) is 0 Å². The number of anilines is 2. The van der Waals surface area contributed by atoms with E-state index in [9.17, 15) is 13.2 Å². The molecule has 2 fully saturated rings. The van der Waals surface area contributed by atoms with Gasteiger partial charge in [0.1, 0.15) is 11.9 Å². The van der Waals surface area contributed by atoms with Gasteiger partial charge in [-0.3, -0.25) is 14.5 Å². The van der Waals surface area contributed by atoms with E-state index >= 15 is 0 Å². The molecule has 3 heterocycles. The first-order valence-corrected chi connectivity index (χ1v) is 13.9. The molecule has 2 saturated carbocycles. The van der Waals surface area contributed by atoms with Gasteiger partial charge < -0.3 is 10.1 Å². The highest BCUT2D eigenvalue weighted by molar-refractivity contribution is 7.93. The molecule has 2 N–H and O–H groups in total. The number of amides is 1. The molecule has 0 atom stereocenters. The summed E-state index contributed by atoms with van der Waals surface area (Å²) in [4.78, 5) is 30.4. The van der Waals surface area contributed by atoms with Gasteiger partial charge in [-0.15, -0.1) is 11.3 Å². The van der Waals surface area contributed by atoms with E-state index in [1.807, 2.05) is 0 Å². The standard InChI is InChI=1S/C23H26N6O4S2/c1-23(2,18-13-34-22(27-18)29-35(31,32)16-7-8-16)21(30)28-19-9-6-14(10-25-19)17-11-24-12-20(26-17)33-15-4-3-5-15/h6,9-13,15-16H,3-5,7-8H2,1-2H3,(H,27,29)(H,25,28,30). The van der Waals surface area contributed by atoms with E-state index in [1.54, 1.807) is 50.0 Å². The predicted molar refractivity (Wildman–Crippen MR) is 133 cm³/mol. The third-order valence-corrected chi connectivity index (χ3v) is 8.87. The minimum atomic E-state index is -3.41. The number of nitrogens with one attached hydrogen (secondary N) is 2. The number of nitrogens with zero attached hydrogens (tertiary/aromatic N) is 4. The molecule has 2 aliphatic carbocycles. The van der Waals surface area contributed by atoms with Crippen LogP contribution in [0.2, 0.25) is 0 Å². The van der Waals surface area contributed by atoms with Crippen molar-refractivity contribution in [3.8, 4) is 17.1 Å². The molecule has 0 saturated heterocycles. The SMILES string of the molecule is CC(C)(C(=O)Nc1ccc(-c2cncc(OC3CCC3)n2)cn1)c1csc(NS(=O)(=O)C2CC2)n1. The highest BCUT2D eigenvalue weighted by atomic mass is 32.2. The molecule has 0 spiro atoms. The first kappa shape index (κ1) is 23.6. The zero-order valence-electron chi connectivity index (χ0n) is 19.4. The van der Waals surface area contributed by atoms with E-state index in [0.717, 1.165) is 29.7 Å². The smallest absolute Gasteiger partial charge is 0.237 e. The van der Waals surface area contributed by atoms with Crippen molar-refractivity contribution in [3.05, 3.63) is 41.8 Å². The van der Waals surface area contributed by atoms with Crippen LogP contribution in [0.4, 0.5) is 10.9 Å². The van der Waals surface area contributed by atoms with E-state index < -0.39 is 15.4 Å². The summed E-state index contributed by atoms with van der Waals surface area (Å²) in [5.74, 6) is 0.565. The lowest BCUT2D eigenvalue weighted by atomic mass is 9.89. The van der Waals surface area contributed by atoms with E-state index in [0.29, 0.717) is 35.9 Å². The zero-order chi connectivity index (χ0) is 24.6. The van der Waals surface area contributed by atoms with Crippen molar-refractivity contribution in [1.82, 2.24) is 19.9 Å². The lowest BCUT2D eigenvalue weighted by Crippen LogP contribution is -2.35. The average molecular weight is 515 g/mol. The molecule has 0 bridgehead atoms. The molecule has 0 aliphatic heterocycles. The predicted octanol–water partition coefficient (Wildman–Crippen LogP) is 3.75. The second kappa shape index (κ2) is 9.15. The molecule has 35 heavy (non-hydrogen) atoms. The van der Waals surface area contributed by atoms with Crippen LogP contribution in [-0.4, -0.2) is 45.6 Å². The van der Waals surface area contributed by atoms with Gasteiger partial charge >= 0.3 is 0 Å². The lowest BCUT2D eigenvalue weighted by Gasteiger charge is -2.25. The Morgan fingerprint density at radius 2 is 1.91 bits per heavy atom.